The first kappa shape index (κ1) is 44.3. The molecule has 5 heterocycles. The first-order valence-corrected chi connectivity index (χ1v) is 21.2. The van der Waals surface area contributed by atoms with Gasteiger partial charge in [0.15, 0.2) is 23.3 Å². The Morgan fingerprint density at radius 3 is 1.06 bits per heavy atom. The second-order valence-electron chi connectivity index (χ2n) is 20.6. The Bertz CT molecular complexity index is 3590. The van der Waals surface area contributed by atoms with Crippen LogP contribution in [0.4, 0.5) is 0 Å². The van der Waals surface area contributed by atoms with E-state index in [4.69, 9.17) is 29.9 Å². The number of nitriles is 4. The smallest absolute Gasteiger partial charge is 0.165 e. The van der Waals surface area contributed by atoms with Gasteiger partial charge in [0, 0.05) is 60.9 Å². The summed E-state index contributed by atoms with van der Waals surface area (Å²) in [6, 6.07) is 24.0. The van der Waals surface area contributed by atoms with Crippen molar-refractivity contribution >= 4 is 44.1 Å². The van der Waals surface area contributed by atoms with Gasteiger partial charge in [-0.15, -0.1) is 0 Å². The third-order valence-corrected chi connectivity index (χ3v) is 12.0. The molecule has 8 bridgehead atoms. The molecule has 7 aromatic rings. The summed E-state index contributed by atoms with van der Waals surface area (Å²) in [6.07, 6.45) is 0. The van der Waals surface area contributed by atoms with Gasteiger partial charge in [-0.3, -0.25) is 0 Å². The van der Waals surface area contributed by atoms with Gasteiger partial charge < -0.3 is 9.97 Å². The number of fused-ring (bicyclic) bond motifs is 20. The zero-order chi connectivity index (χ0) is 46.0. The van der Waals surface area contributed by atoms with E-state index in [-0.39, 0.29) is 78.0 Å². The van der Waals surface area contributed by atoms with Gasteiger partial charge in [-0.1, -0.05) is 132 Å². The zero-order valence-corrected chi connectivity index (χ0v) is 39.3. The predicted octanol–water partition coefficient (Wildman–Crippen LogP) is 11.5. The van der Waals surface area contributed by atoms with Crippen molar-refractivity contribution in [1.29, 1.82) is 21.0 Å². The van der Waals surface area contributed by atoms with Crippen LogP contribution in [0.15, 0.2) is 48.5 Å². The van der Waals surface area contributed by atoms with E-state index in [0.717, 1.165) is 38.6 Å². The Hall–Kier alpha value is -7.28. The van der Waals surface area contributed by atoms with Crippen molar-refractivity contribution in [3.05, 3.63) is 93.0 Å². The molecule has 2 aliphatic heterocycles. The third kappa shape index (κ3) is 6.74. The van der Waals surface area contributed by atoms with E-state index in [0.29, 0.717) is 34.3 Å². The molecule has 13 heteroatoms. The summed E-state index contributed by atoms with van der Waals surface area (Å²) >= 11 is 0. The Labute approximate surface area is 388 Å². The van der Waals surface area contributed by atoms with Crippen molar-refractivity contribution in [1.82, 2.24) is 39.9 Å². The fraction of sp³-hybridized carbons (Fsp3) is 0.308. The fourth-order valence-electron chi connectivity index (χ4n) is 9.65. The molecule has 0 unspecified atom stereocenters. The molecular formula is C52H46CuN12. The van der Waals surface area contributed by atoms with Crippen molar-refractivity contribution in [2.45, 2.75) is 105 Å². The quantitative estimate of drug-likeness (QED) is 0.138. The van der Waals surface area contributed by atoms with E-state index in [9.17, 15) is 21.0 Å². The molecular weight excluding hydrogens is 856 g/mol. The summed E-state index contributed by atoms with van der Waals surface area (Å²) in [5, 5.41) is 44.6. The second-order valence-corrected chi connectivity index (χ2v) is 20.6. The maximum atomic E-state index is 10.9. The van der Waals surface area contributed by atoms with E-state index in [1.54, 1.807) is 0 Å². The van der Waals surface area contributed by atoms with Crippen LogP contribution in [-0.2, 0) is 38.7 Å². The normalized spacial score (nSPS) is 12.4. The number of nitrogens with one attached hydrogen (secondary N) is 2. The topological polar surface area (TPSA) is 204 Å². The molecule has 2 N–H and O–H groups in total. The van der Waals surface area contributed by atoms with Crippen LogP contribution in [0.2, 0.25) is 0 Å². The van der Waals surface area contributed by atoms with Crippen LogP contribution < -0.4 is 0 Å². The van der Waals surface area contributed by atoms with Crippen LogP contribution in [0.3, 0.4) is 0 Å². The minimum atomic E-state index is -0.458. The van der Waals surface area contributed by atoms with Gasteiger partial charge in [0.2, 0.25) is 0 Å². The molecule has 3 aromatic heterocycles. The number of H-pyrrole nitrogens is 2. The minimum absolute atomic E-state index is 0. The van der Waals surface area contributed by atoms with Gasteiger partial charge >= 0.3 is 0 Å². The SMILES string of the molecule is CC(C)(C)c1c2c(c(C(C)(C)C)c(C(C)(C)C)c1C(C)(C)C)-c1nc-2nc2[nH]c(nc3nc(nc4[nH]c(n1)c1c(C#N)c(C#N)c(C#N)c(C#N)c41)-c1ccccc1-3)c1ccccc21.[Cu]. The number of aromatic amines is 2. The summed E-state index contributed by atoms with van der Waals surface area (Å²) in [7, 11) is 0. The molecule has 9 rings (SSSR count). The van der Waals surface area contributed by atoms with Crippen LogP contribution in [0.5, 0.6) is 0 Å². The minimum Gasteiger partial charge on any atom is -0.324 e. The molecule has 0 fully saturated rings. The Balaban J connectivity index is 0.00000576. The van der Waals surface area contributed by atoms with E-state index in [1.807, 2.05) is 60.7 Å². The molecule has 0 amide bonds. The monoisotopic (exact) mass is 901 g/mol. The maximum absolute atomic E-state index is 10.9. The first-order valence-electron chi connectivity index (χ1n) is 21.2. The van der Waals surface area contributed by atoms with Gasteiger partial charge in [-0.05, 0) is 43.9 Å². The molecule has 325 valence electrons. The summed E-state index contributed by atoms with van der Waals surface area (Å²) in [6.45, 7) is 26.8. The zero-order valence-electron chi connectivity index (χ0n) is 38.4. The second kappa shape index (κ2) is 14.9. The Kier molecular flexibility index (Phi) is 10.2. The van der Waals surface area contributed by atoms with Crippen LogP contribution in [0.1, 0.15) is 128 Å². The number of rotatable bonds is 0. The molecule has 12 nitrogen and oxygen atoms in total. The molecule has 0 saturated heterocycles. The van der Waals surface area contributed by atoms with Crippen molar-refractivity contribution in [3.63, 3.8) is 0 Å². The van der Waals surface area contributed by atoms with Gasteiger partial charge in [0.1, 0.15) is 46.9 Å². The van der Waals surface area contributed by atoms with E-state index in [1.165, 1.54) is 11.1 Å². The number of hydrogen-bond acceptors (Lipinski definition) is 10. The van der Waals surface area contributed by atoms with Crippen LogP contribution >= 0.6 is 0 Å². The van der Waals surface area contributed by atoms with Gasteiger partial charge in [0.25, 0.3) is 0 Å². The van der Waals surface area contributed by atoms with E-state index in [2.05, 4.69) is 105 Å². The number of benzene rings is 4. The fourth-order valence-corrected chi connectivity index (χ4v) is 9.65. The summed E-state index contributed by atoms with van der Waals surface area (Å²) in [5.74, 6) is 1.47. The van der Waals surface area contributed by atoms with Gasteiger partial charge in [0.05, 0.1) is 22.3 Å². The van der Waals surface area contributed by atoms with Crippen molar-refractivity contribution in [3.8, 4) is 69.8 Å². The molecule has 4 aromatic carbocycles. The largest absolute Gasteiger partial charge is 0.324 e. The standard InChI is InChI=1S/C52H46N12.Cu/c1-49(2,3)37-35-36(38(50(4,5)6)40(52(10,11)12)39(37)51(7,8)9)48-63-46-34-32(24-56)30(22-54)29(21-53)31(23-55)33(34)45(62-46)60-43-27-19-15-13-17-25(27)41(58-43)57-42-26-18-14-16-20-28(26)44(59-42)61-47(35)64-48;/h13-20H,1-12H3,(H2,57,58,59,60,61,62,63,64);. The average molecular weight is 903 g/mol. The molecule has 0 atom stereocenters. The molecule has 2 aliphatic rings. The summed E-state index contributed by atoms with van der Waals surface area (Å²) < 4.78 is 0. The van der Waals surface area contributed by atoms with Crippen LogP contribution in [-0.4, -0.2) is 39.9 Å². The summed E-state index contributed by atoms with van der Waals surface area (Å²) in [5.41, 5.74) is 6.82. The average Bonchev–Trinajstić information content (AvgIpc) is 3.96. The first-order chi connectivity index (χ1) is 30.1. The van der Waals surface area contributed by atoms with Crippen molar-refractivity contribution in [2.75, 3.05) is 0 Å². The predicted molar refractivity (Wildman–Crippen MR) is 250 cm³/mol. The maximum Gasteiger partial charge on any atom is 0.165 e. The number of nitrogens with zero attached hydrogens (tertiary/aromatic N) is 10. The van der Waals surface area contributed by atoms with Crippen LogP contribution in [0.25, 0.3) is 89.7 Å². The number of hydrogen-bond donors (Lipinski definition) is 2. The molecule has 65 heavy (non-hydrogen) atoms. The van der Waals surface area contributed by atoms with E-state index >= 15 is 0 Å². The molecule has 0 saturated carbocycles. The van der Waals surface area contributed by atoms with Crippen LogP contribution in [0, 0.1) is 45.3 Å². The van der Waals surface area contributed by atoms with Crippen molar-refractivity contribution < 1.29 is 17.1 Å². The van der Waals surface area contributed by atoms with Gasteiger partial charge in [-0.2, -0.15) is 21.0 Å². The molecule has 0 aliphatic carbocycles. The van der Waals surface area contributed by atoms with E-state index < -0.39 is 10.8 Å². The number of aromatic nitrogens is 8. The third-order valence-electron chi connectivity index (χ3n) is 12.0. The van der Waals surface area contributed by atoms with Crippen molar-refractivity contribution in [2.24, 2.45) is 0 Å². The molecule has 0 spiro atoms. The Morgan fingerprint density at radius 2 is 0.692 bits per heavy atom. The van der Waals surface area contributed by atoms with Gasteiger partial charge in [-0.25, -0.2) is 29.9 Å². The Morgan fingerprint density at radius 1 is 0.385 bits per heavy atom. The molecule has 1 radical (unpaired) electrons. The summed E-state index contributed by atoms with van der Waals surface area (Å²) in [4.78, 5) is 38.3.